The third-order valence-corrected chi connectivity index (χ3v) is 3.28. The van der Waals surface area contributed by atoms with Crippen molar-refractivity contribution in [3.05, 3.63) is 29.8 Å². The Morgan fingerprint density at radius 1 is 1.32 bits per heavy atom. The van der Waals surface area contributed by atoms with Crippen molar-refractivity contribution in [2.45, 2.75) is 18.9 Å². The van der Waals surface area contributed by atoms with Crippen LogP contribution in [0.25, 0.3) is 0 Å². The lowest BCUT2D eigenvalue weighted by atomic mass is 9.93. The molecule has 1 amide bonds. The monoisotopic (exact) mass is 263 g/mol. The number of piperidine rings is 1. The fourth-order valence-electron chi connectivity index (χ4n) is 2.41. The van der Waals surface area contributed by atoms with Gasteiger partial charge in [-0.1, -0.05) is 18.2 Å². The van der Waals surface area contributed by atoms with Gasteiger partial charge in [0.1, 0.15) is 11.8 Å². The number of ether oxygens (including phenoxy) is 2. The SMILES string of the molecule is COC(=O)N1CCCC(=O)C1c1ccccc1OC. The van der Waals surface area contributed by atoms with E-state index >= 15 is 0 Å². The summed E-state index contributed by atoms with van der Waals surface area (Å²) < 4.78 is 10.0. The zero-order valence-corrected chi connectivity index (χ0v) is 11.1. The van der Waals surface area contributed by atoms with E-state index in [0.717, 1.165) is 0 Å². The van der Waals surface area contributed by atoms with Crippen LogP contribution in [0, 0.1) is 0 Å². The molecule has 2 rings (SSSR count). The van der Waals surface area contributed by atoms with E-state index in [1.54, 1.807) is 13.2 Å². The Bertz CT molecular complexity index is 486. The van der Waals surface area contributed by atoms with Gasteiger partial charge in [-0.3, -0.25) is 9.69 Å². The second-order valence-electron chi connectivity index (χ2n) is 4.38. The number of benzene rings is 1. The minimum absolute atomic E-state index is 0.0150. The molecule has 1 atom stereocenters. The van der Waals surface area contributed by atoms with Crippen molar-refractivity contribution < 1.29 is 19.1 Å². The predicted molar refractivity (Wildman–Crippen MR) is 69.1 cm³/mol. The van der Waals surface area contributed by atoms with Crippen molar-refractivity contribution in [2.75, 3.05) is 20.8 Å². The molecule has 0 radical (unpaired) electrons. The molecular weight excluding hydrogens is 246 g/mol. The van der Waals surface area contributed by atoms with Gasteiger partial charge in [0.25, 0.3) is 0 Å². The Hall–Kier alpha value is -2.04. The topological polar surface area (TPSA) is 55.8 Å². The summed E-state index contributed by atoms with van der Waals surface area (Å²) in [5.74, 6) is 0.623. The number of carbonyl (C=O) groups is 2. The fraction of sp³-hybridized carbons (Fsp3) is 0.429. The molecule has 1 fully saturated rings. The van der Waals surface area contributed by atoms with Crippen molar-refractivity contribution >= 4 is 11.9 Å². The van der Waals surface area contributed by atoms with Crippen LogP contribution >= 0.6 is 0 Å². The number of carbonyl (C=O) groups excluding carboxylic acids is 2. The number of nitrogens with zero attached hydrogens (tertiary/aromatic N) is 1. The quantitative estimate of drug-likeness (QED) is 0.820. The second-order valence-corrected chi connectivity index (χ2v) is 4.38. The molecule has 0 bridgehead atoms. The Morgan fingerprint density at radius 2 is 2.05 bits per heavy atom. The minimum Gasteiger partial charge on any atom is -0.496 e. The predicted octanol–water partition coefficient (Wildman–Crippen LogP) is 2.17. The van der Waals surface area contributed by atoms with Gasteiger partial charge in [0.05, 0.1) is 14.2 Å². The Balaban J connectivity index is 2.41. The van der Waals surface area contributed by atoms with Crippen LogP contribution in [0.1, 0.15) is 24.4 Å². The van der Waals surface area contributed by atoms with Gasteiger partial charge < -0.3 is 9.47 Å². The molecule has 1 aliphatic rings. The first-order valence-electron chi connectivity index (χ1n) is 6.19. The van der Waals surface area contributed by atoms with E-state index in [4.69, 9.17) is 9.47 Å². The first kappa shape index (κ1) is 13.4. The number of hydrogen-bond acceptors (Lipinski definition) is 4. The van der Waals surface area contributed by atoms with E-state index in [1.807, 2.05) is 18.2 Å². The van der Waals surface area contributed by atoms with Gasteiger partial charge in [0.2, 0.25) is 0 Å². The van der Waals surface area contributed by atoms with E-state index < -0.39 is 12.1 Å². The van der Waals surface area contributed by atoms with Crippen LogP contribution in [-0.4, -0.2) is 37.5 Å². The molecule has 1 aromatic carbocycles. The molecule has 1 heterocycles. The highest BCUT2D eigenvalue weighted by Gasteiger charge is 2.36. The Kier molecular flexibility index (Phi) is 4.04. The molecule has 1 aliphatic heterocycles. The zero-order valence-electron chi connectivity index (χ0n) is 11.1. The zero-order chi connectivity index (χ0) is 13.8. The van der Waals surface area contributed by atoms with Crippen molar-refractivity contribution in [3.63, 3.8) is 0 Å². The van der Waals surface area contributed by atoms with Crippen molar-refractivity contribution in [3.8, 4) is 5.75 Å². The average molecular weight is 263 g/mol. The molecule has 1 saturated heterocycles. The highest BCUT2D eigenvalue weighted by atomic mass is 16.5. The van der Waals surface area contributed by atoms with Crippen molar-refractivity contribution in [1.82, 2.24) is 4.90 Å². The van der Waals surface area contributed by atoms with E-state index in [0.29, 0.717) is 30.7 Å². The highest BCUT2D eigenvalue weighted by molar-refractivity contribution is 5.90. The number of Topliss-reactive ketones (excluding diaryl/α,β-unsaturated/α-hetero) is 1. The molecular formula is C14H17NO4. The van der Waals surface area contributed by atoms with Gasteiger partial charge in [0.15, 0.2) is 5.78 Å². The molecule has 1 aromatic rings. The molecule has 5 nitrogen and oxygen atoms in total. The number of para-hydroxylation sites is 1. The van der Waals surface area contributed by atoms with E-state index in [9.17, 15) is 9.59 Å². The van der Waals surface area contributed by atoms with Crippen LogP contribution in [0.3, 0.4) is 0 Å². The van der Waals surface area contributed by atoms with Crippen LogP contribution in [0.15, 0.2) is 24.3 Å². The molecule has 102 valence electrons. The minimum atomic E-state index is -0.614. The number of hydrogen-bond donors (Lipinski definition) is 0. The molecule has 0 aliphatic carbocycles. The second kappa shape index (κ2) is 5.73. The molecule has 0 saturated carbocycles. The van der Waals surface area contributed by atoms with Gasteiger partial charge in [-0.25, -0.2) is 4.79 Å². The first-order chi connectivity index (χ1) is 9.19. The molecule has 0 N–H and O–H groups in total. The van der Waals surface area contributed by atoms with E-state index in [1.165, 1.54) is 12.0 Å². The summed E-state index contributed by atoms with van der Waals surface area (Å²) in [5, 5.41) is 0. The largest absolute Gasteiger partial charge is 0.496 e. The maximum atomic E-state index is 12.2. The smallest absolute Gasteiger partial charge is 0.410 e. The summed E-state index contributed by atoms with van der Waals surface area (Å²) in [6.07, 6.45) is 0.652. The number of ketones is 1. The fourth-order valence-corrected chi connectivity index (χ4v) is 2.41. The average Bonchev–Trinajstić information content (AvgIpc) is 2.46. The van der Waals surface area contributed by atoms with Gasteiger partial charge in [0, 0.05) is 18.5 Å². The Labute approximate surface area is 112 Å². The first-order valence-corrected chi connectivity index (χ1v) is 6.19. The molecule has 19 heavy (non-hydrogen) atoms. The summed E-state index contributed by atoms with van der Waals surface area (Å²) in [6.45, 7) is 0.515. The lowest BCUT2D eigenvalue weighted by Gasteiger charge is -2.34. The normalized spacial score (nSPS) is 19.2. The molecule has 0 aromatic heterocycles. The maximum absolute atomic E-state index is 12.2. The van der Waals surface area contributed by atoms with Crippen LogP contribution in [0.2, 0.25) is 0 Å². The molecule has 0 spiro atoms. The highest BCUT2D eigenvalue weighted by Crippen LogP contribution is 2.34. The lowest BCUT2D eigenvalue weighted by molar-refractivity contribution is -0.126. The van der Waals surface area contributed by atoms with E-state index in [-0.39, 0.29) is 5.78 Å². The molecule has 5 heteroatoms. The standard InChI is InChI=1S/C14H17NO4/c1-18-12-8-4-3-6-10(12)13-11(16)7-5-9-15(13)14(17)19-2/h3-4,6,8,13H,5,7,9H2,1-2H3. The summed E-state index contributed by atoms with van der Waals surface area (Å²) in [4.78, 5) is 25.5. The molecule has 1 unspecified atom stereocenters. The lowest BCUT2D eigenvalue weighted by Crippen LogP contribution is -2.43. The van der Waals surface area contributed by atoms with Crippen LogP contribution in [0.4, 0.5) is 4.79 Å². The van der Waals surface area contributed by atoms with Crippen molar-refractivity contribution in [2.24, 2.45) is 0 Å². The van der Waals surface area contributed by atoms with Crippen LogP contribution in [-0.2, 0) is 9.53 Å². The number of rotatable bonds is 2. The van der Waals surface area contributed by atoms with Crippen LogP contribution in [0.5, 0.6) is 5.75 Å². The number of likely N-dealkylation sites (tertiary alicyclic amines) is 1. The van der Waals surface area contributed by atoms with Gasteiger partial charge >= 0.3 is 6.09 Å². The van der Waals surface area contributed by atoms with Gasteiger partial charge in [-0.2, -0.15) is 0 Å². The van der Waals surface area contributed by atoms with Crippen molar-refractivity contribution in [1.29, 1.82) is 0 Å². The van der Waals surface area contributed by atoms with Gasteiger partial charge in [-0.15, -0.1) is 0 Å². The van der Waals surface area contributed by atoms with Crippen LogP contribution < -0.4 is 4.74 Å². The third kappa shape index (κ3) is 2.54. The summed E-state index contributed by atoms with van der Waals surface area (Å²) in [5.41, 5.74) is 0.708. The van der Waals surface area contributed by atoms with Gasteiger partial charge in [-0.05, 0) is 12.5 Å². The maximum Gasteiger partial charge on any atom is 0.410 e. The Morgan fingerprint density at radius 3 is 2.74 bits per heavy atom. The third-order valence-electron chi connectivity index (χ3n) is 3.28. The number of methoxy groups -OCH3 is 2. The summed E-state index contributed by atoms with van der Waals surface area (Å²) >= 11 is 0. The summed E-state index contributed by atoms with van der Waals surface area (Å²) in [7, 11) is 2.87. The van der Waals surface area contributed by atoms with E-state index in [2.05, 4.69) is 0 Å². The number of amides is 1. The summed E-state index contributed by atoms with van der Waals surface area (Å²) in [6, 6.07) is 6.64.